The number of nitrogens with one attached hydrogen (secondary N) is 2. The SMILES string of the molecule is COc1ccc(NC(CO)C(CO)Nc2ccc(OC)cc2)cc1. The van der Waals surface area contributed by atoms with Crippen molar-refractivity contribution in [2.45, 2.75) is 12.1 Å². The third-order valence-electron chi connectivity index (χ3n) is 3.76. The van der Waals surface area contributed by atoms with Gasteiger partial charge in [0, 0.05) is 11.4 Å². The van der Waals surface area contributed by atoms with E-state index in [1.807, 2.05) is 48.5 Å². The lowest BCUT2D eigenvalue weighted by molar-refractivity contribution is 0.215. The Labute approximate surface area is 142 Å². The molecule has 24 heavy (non-hydrogen) atoms. The summed E-state index contributed by atoms with van der Waals surface area (Å²) in [4.78, 5) is 0. The van der Waals surface area contributed by atoms with Crippen molar-refractivity contribution in [2.75, 3.05) is 38.1 Å². The van der Waals surface area contributed by atoms with Gasteiger partial charge in [-0.25, -0.2) is 0 Å². The zero-order valence-electron chi connectivity index (χ0n) is 13.9. The van der Waals surface area contributed by atoms with E-state index in [4.69, 9.17) is 9.47 Å². The molecule has 0 amide bonds. The summed E-state index contributed by atoms with van der Waals surface area (Å²) in [6, 6.07) is 14.1. The highest BCUT2D eigenvalue weighted by molar-refractivity contribution is 5.50. The number of methoxy groups -OCH3 is 2. The topological polar surface area (TPSA) is 83.0 Å². The first-order chi connectivity index (χ1) is 11.7. The maximum absolute atomic E-state index is 9.69. The Morgan fingerprint density at radius 1 is 0.708 bits per heavy atom. The molecule has 6 heteroatoms. The molecule has 2 aromatic rings. The average molecular weight is 332 g/mol. The van der Waals surface area contributed by atoms with E-state index in [1.54, 1.807) is 14.2 Å². The van der Waals surface area contributed by atoms with E-state index < -0.39 is 0 Å². The molecule has 0 radical (unpaired) electrons. The van der Waals surface area contributed by atoms with Gasteiger partial charge < -0.3 is 30.3 Å². The van der Waals surface area contributed by atoms with E-state index in [9.17, 15) is 10.2 Å². The number of aliphatic hydroxyl groups excluding tert-OH is 2. The Balaban J connectivity index is 2.04. The van der Waals surface area contributed by atoms with Crippen LogP contribution < -0.4 is 20.1 Å². The predicted octanol–water partition coefficient (Wildman–Crippen LogP) is 1.95. The number of aliphatic hydroxyl groups is 2. The first-order valence-electron chi connectivity index (χ1n) is 7.73. The molecule has 0 aliphatic rings. The molecular weight excluding hydrogens is 308 g/mol. The summed E-state index contributed by atoms with van der Waals surface area (Å²) in [6.07, 6.45) is 0. The molecule has 0 saturated heterocycles. The van der Waals surface area contributed by atoms with Gasteiger partial charge in [-0.2, -0.15) is 0 Å². The van der Waals surface area contributed by atoms with Crippen molar-refractivity contribution in [1.82, 2.24) is 0 Å². The van der Waals surface area contributed by atoms with Crippen molar-refractivity contribution in [3.63, 3.8) is 0 Å². The van der Waals surface area contributed by atoms with E-state index in [2.05, 4.69) is 10.6 Å². The van der Waals surface area contributed by atoms with Gasteiger partial charge in [0.05, 0.1) is 39.5 Å². The van der Waals surface area contributed by atoms with Gasteiger partial charge in [-0.1, -0.05) is 0 Å². The highest BCUT2D eigenvalue weighted by Gasteiger charge is 2.20. The summed E-state index contributed by atoms with van der Waals surface area (Å²) < 4.78 is 10.3. The molecule has 0 saturated carbocycles. The van der Waals surface area contributed by atoms with Crippen molar-refractivity contribution in [3.05, 3.63) is 48.5 Å². The van der Waals surface area contributed by atoms with Crippen LogP contribution in [0.1, 0.15) is 0 Å². The molecule has 2 aromatic carbocycles. The van der Waals surface area contributed by atoms with Crippen LogP contribution in [0.2, 0.25) is 0 Å². The second-order valence-corrected chi connectivity index (χ2v) is 5.32. The minimum absolute atomic E-state index is 0.125. The lowest BCUT2D eigenvalue weighted by atomic mass is 10.1. The lowest BCUT2D eigenvalue weighted by Crippen LogP contribution is -2.44. The lowest BCUT2D eigenvalue weighted by Gasteiger charge is -2.27. The van der Waals surface area contributed by atoms with Crippen LogP contribution in [0.4, 0.5) is 11.4 Å². The molecule has 0 heterocycles. The second-order valence-electron chi connectivity index (χ2n) is 5.32. The van der Waals surface area contributed by atoms with Crippen LogP contribution in [-0.4, -0.2) is 49.7 Å². The Kier molecular flexibility index (Phi) is 6.72. The van der Waals surface area contributed by atoms with Crippen molar-refractivity contribution in [2.24, 2.45) is 0 Å². The Morgan fingerprint density at radius 3 is 1.29 bits per heavy atom. The molecule has 2 rings (SSSR count). The van der Waals surface area contributed by atoms with Gasteiger partial charge in [0.15, 0.2) is 0 Å². The maximum atomic E-state index is 9.69. The normalized spacial score (nSPS) is 13.0. The maximum Gasteiger partial charge on any atom is 0.119 e. The van der Waals surface area contributed by atoms with Crippen LogP contribution in [0.3, 0.4) is 0 Å². The van der Waals surface area contributed by atoms with Crippen LogP contribution in [-0.2, 0) is 0 Å². The summed E-state index contributed by atoms with van der Waals surface area (Å²) in [5.41, 5.74) is 1.68. The summed E-state index contributed by atoms with van der Waals surface area (Å²) in [6.45, 7) is -0.249. The van der Waals surface area contributed by atoms with Gasteiger partial charge in [-0.3, -0.25) is 0 Å². The largest absolute Gasteiger partial charge is 0.497 e. The van der Waals surface area contributed by atoms with Gasteiger partial charge in [0.1, 0.15) is 11.5 Å². The van der Waals surface area contributed by atoms with Crippen LogP contribution in [0.25, 0.3) is 0 Å². The number of anilines is 2. The van der Waals surface area contributed by atoms with Gasteiger partial charge >= 0.3 is 0 Å². The molecule has 0 aliphatic heterocycles. The molecule has 2 atom stereocenters. The molecule has 6 nitrogen and oxygen atoms in total. The average Bonchev–Trinajstić information content (AvgIpc) is 2.65. The van der Waals surface area contributed by atoms with Crippen LogP contribution in [0.5, 0.6) is 11.5 Å². The number of hydrogen-bond acceptors (Lipinski definition) is 6. The summed E-state index contributed by atoms with van der Waals surface area (Å²) >= 11 is 0. The second kappa shape index (κ2) is 9.00. The van der Waals surface area contributed by atoms with E-state index in [0.29, 0.717) is 0 Å². The van der Waals surface area contributed by atoms with Crippen LogP contribution in [0, 0.1) is 0 Å². The minimum atomic E-state index is -0.356. The van der Waals surface area contributed by atoms with Crippen molar-refractivity contribution in [3.8, 4) is 11.5 Å². The third-order valence-corrected chi connectivity index (χ3v) is 3.76. The molecule has 0 spiro atoms. The standard InChI is InChI=1S/C18H24N2O4/c1-23-15-7-3-13(4-8-15)19-17(11-21)18(12-22)20-14-5-9-16(24-2)10-6-14/h3-10,17-22H,11-12H2,1-2H3. The van der Waals surface area contributed by atoms with E-state index in [-0.39, 0.29) is 25.3 Å². The number of rotatable bonds is 9. The Hall–Kier alpha value is -2.44. The number of ether oxygens (including phenoxy) is 2. The van der Waals surface area contributed by atoms with Crippen molar-refractivity contribution < 1.29 is 19.7 Å². The first-order valence-corrected chi connectivity index (χ1v) is 7.73. The molecular formula is C18H24N2O4. The van der Waals surface area contributed by atoms with Gasteiger partial charge in [0.2, 0.25) is 0 Å². The molecule has 4 N–H and O–H groups in total. The minimum Gasteiger partial charge on any atom is -0.497 e. The predicted molar refractivity (Wildman–Crippen MR) is 95.0 cm³/mol. The van der Waals surface area contributed by atoms with E-state index in [0.717, 1.165) is 22.9 Å². The highest BCUT2D eigenvalue weighted by Crippen LogP contribution is 2.19. The monoisotopic (exact) mass is 332 g/mol. The molecule has 0 aromatic heterocycles. The van der Waals surface area contributed by atoms with Crippen molar-refractivity contribution in [1.29, 1.82) is 0 Å². The van der Waals surface area contributed by atoms with Crippen LogP contribution >= 0.6 is 0 Å². The van der Waals surface area contributed by atoms with E-state index in [1.165, 1.54) is 0 Å². The fourth-order valence-corrected chi connectivity index (χ4v) is 2.35. The first kappa shape index (κ1) is 17.9. The number of benzene rings is 2. The zero-order chi connectivity index (χ0) is 17.4. The number of hydrogen-bond donors (Lipinski definition) is 4. The Morgan fingerprint density at radius 2 is 1.04 bits per heavy atom. The van der Waals surface area contributed by atoms with Gasteiger partial charge in [-0.05, 0) is 48.5 Å². The van der Waals surface area contributed by atoms with Gasteiger partial charge in [-0.15, -0.1) is 0 Å². The van der Waals surface area contributed by atoms with Crippen molar-refractivity contribution >= 4 is 11.4 Å². The molecule has 0 aliphatic carbocycles. The van der Waals surface area contributed by atoms with E-state index >= 15 is 0 Å². The smallest absolute Gasteiger partial charge is 0.119 e. The molecule has 2 unspecified atom stereocenters. The summed E-state index contributed by atoms with van der Waals surface area (Å²) in [5, 5.41) is 25.8. The molecule has 0 bridgehead atoms. The zero-order valence-corrected chi connectivity index (χ0v) is 13.9. The summed E-state index contributed by atoms with van der Waals surface area (Å²) in [7, 11) is 3.22. The van der Waals surface area contributed by atoms with Gasteiger partial charge in [0.25, 0.3) is 0 Å². The summed E-state index contributed by atoms with van der Waals surface area (Å²) in [5.74, 6) is 1.52. The quantitative estimate of drug-likeness (QED) is 0.562. The fraction of sp³-hybridized carbons (Fsp3) is 0.333. The highest BCUT2D eigenvalue weighted by atomic mass is 16.5. The molecule has 0 fully saturated rings. The van der Waals surface area contributed by atoms with Crippen LogP contribution in [0.15, 0.2) is 48.5 Å². The Bertz CT molecular complexity index is 546. The molecule has 130 valence electrons. The fourth-order valence-electron chi connectivity index (χ4n) is 2.35. The third kappa shape index (κ3) is 4.78.